The molecule has 6 aromatic carbocycles. The third-order valence-electron chi connectivity index (χ3n) is 7.28. The first kappa shape index (κ1) is 23.8. The molecule has 7 aromatic rings. The van der Waals surface area contributed by atoms with Crippen LogP contribution < -0.4 is 4.90 Å². The molecular formula is C38H27NO. The van der Waals surface area contributed by atoms with Gasteiger partial charge in [-0.05, 0) is 65.2 Å². The van der Waals surface area contributed by atoms with E-state index in [1.165, 1.54) is 11.1 Å². The molecule has 0 amide bonds. The van der Waals surface area contributed by atoms with Gasteiger partial charge in [-0.25, -0.2) is 0 Å². The molecular weight excluding hydrogens is 486 g/mol. The van der Waals surface area contributed by atoms with Crippen LogP contribution in [0.25, 0.3) is 44.5 Å². The molecule has 0 aliphatic rings. The Balaban J connectivity index is 1.28. The van der Waals surface area contributed by atoms with Gasteiger partial charge in [-0.3, -0.25) is 0 Å². The van der Waals surface area contributed by atoms with Crippen LogP contribution in [-0.2, 0) is 0 Å². The van der Waals surface area contributed by atoms with Gasteiger partial charge < -0.3 is 9.32 Å². The summed E-state index contributed by atoms with van der Waals surface area (Å²) in [5.41, 5.74) is 10.0. The maximum Gasteiger partial charge on any atom is 0.135 e. The number of nitrogens with zero attached hydrogens (tertiary/aromatic N) is 1. The summed E-state index contributed by atoms with van der Waals surface area (Å²) in [4.78, 5) is 2.33. The summed E-state index contributed by atoms with van der Waals surface area (Å²) in [5, 5.41) is 1.11. The summed E-state index contributed by atoms with van der Waals surface area (Å²) in [5.74, 6) is 0.882. The van der Waals surface area contributed by atoms with Crippen molar-refractivity contribution in [2.75, 3.05) is 4.90 Å². The van der Waals surface area contributed by atoms with E-state index < -0.39 is 0 Å². The topological polar surface area (TPSA) is 16.4 Å². The number of benzene rings is 6. The standard InChI is InChI=1S/C38H27NO/c1-3-12-29(13-4-1)35-19-8-9-20-36(35)39(33-17-5-2-6-18-33)34-24-22-28(23-25-34)30-15-11-16-31(26-30)38-27-32-14-7-10-21-37(32)40-38/h1-27H. The number of fused-ring (bicyclic) bond motifs is 1. The molecule has 1 heterocycles. The first-order valence-electron chi connectivity index (χ1n) is 13.5. The summed E-state index contributed by atoms with van der Waals surface area (Å²) >= 11 is 0. The van der Waals surface area contributed by atoms with Crippen molar-refractivity contribution in [2.24, 2.45) is 0 Å². The summed E-state index contributed by atoms with van der Waals surface area (Å²) in [6, 6.07) is 57.3. The van der Waals surface area contributed by atoms with Gasteiger partial charge in [0.15, 0.2) is 0 Å². The number of rotatable bonds is 6. The van der Waals surface area contributed by atoms with E-state index >= 15 is 0 Å². The van der Waals surface area contributed by atoms with E-state index in [-0.39, 0.29) is 0 Å². The van der Waals surface area contributed by atoms with E-state index in [0.717, 1.165) is 50.5 Å². The first-order valence-corrected chi connectivity index (χ1v) is 13.5. The average molecular weight is 514 g/mol. The maximum absolute atomic E-state index is 6.13. The molecule has 0 unspecified atom stereocenters. The second-order valence-corrected chi connectivity index (χ2v) is 9.83. The highest BCUT2D eigenvalue weighted by molar-refractivity contribution is 5.89. The van der Waals surface area contributed by atoms with Crippen LogP contribution in [-0.4, -0.2) is 0 Å². The van der Waals surface area contributed by atoms with E-state index in [0.29, 0.717) is 0 Å². The van der Waals surface area contributed by atoms with Crippen molar-refractivity contribution < 1.29 is 4.42 Å². The van der Waals surface area contributed by atoms with Crippen molar-refractivity contribution in [3.8, 4) is 33.6 Å². The largest absolute Gasteiger partial charge is 0.456 e. The molecule has 0 spiro atoms. The van der Waals surface area contributed by atoms with Gasteiger partial charge in [-0.1, -0.05) is 115 Å². The minimum atomic E-state index is 0.882. The van der Waals surface area contributed by atoms with Gasteiger partial charge in [0, 0.05) is 27.9 Å². The lowest BCUT2D eigenvalue weighted by Crippen LogP contribution is -2.11. The van der Waals surface area contributed by atoms with Crippen LogP contribution in [0.1, 0.15) is 0 Å². The highest BCUT2D eigenvalue weighted by atomic mass is 16.3. The molecule has 0 aliphatic carbocycles. The smallest absolute Gasteiger partial charge is 0.135 e. The molecule has 1 aromatic heterocycles. The second-order valence-electron chi connectivity index (χ2n) is 9.83. The van der Waals surface area contributed by atoms with Crippen molar-refractivity contribution >= 4 is 28.0 Å². The molecule has 40 heavy (non-hydrogen) atoms. The molecule has 0 aliphatic heterocycles. The lowest BCUT2D eigenvalue weighted by atomic mass is 10.00. The molecule has 190 valence electrons. The maximum atomic E-state index is 6.13. The molecule has 0 atom stereocenters. The molecule has 7 rings (SSSR count). The SMILES string of the molecule is c1ccc(-c2ccccc2N(c2ccccc2)c2ccc(-c3cccc(-c4cc5ccccc5o4)c3)cc2)cc1. The van der Waals surface area contributed by atoms with Crippen molar-refractivity contribution in [3.05, 3.63) is 164 Å². The fraction of sp³-hybridized carbons (Fsp3) is 0. The van der Waals surface area contributed by atoms with Gasteiger partial charge >= 0.3 is 0 Å². The van der Waals surface area contributed by atoms with Crippen LogP contribution in [0.4, 0.5) is 17.1 Å². The molecule has 0 bridgehead atoms. The van der Waals surface area contributed by atoms with Crippen LogP contribution in [0, 0.1) is 0 Å². The third kappa shape index (κ3) is 4.57. The molecule has 0 saturated carbocycles. The Bertz CT molecular complexity index is 1850. The predicted molar refractivity (Wildman–Crippen MR) is 167 cm³/mol. The minimum absolute atomic E-state index is 0.882. The van der Waals surface area contributed by atoms with Crippen LogP contribution in [0.3, 0.4) is 0 Å². The lowest BCUT2D eigenvalue weighted by molar-refractivity contribution is 0.631. The summed E-state index contributed by atoms with van der Waals surface area (Å²) in [6.45, 7) is 0. The van der Waals surface area contributed by atoms with Crippen LogP contribution in [0.15, 0.2) is 168 Å². The number of furan rings is 1. The Hall–Kier alpha value is -5.34. The van der Waals surface area contributed by atoms with E-state index in [1.54, 1.807) is 0 Å². The van der Waals surface area contributed by atoms with Gasteiger partial charge in [0.05, 0.1) is 5.69 Å². The average Bonchev–Trinajstić information content (AvgIpc) is 3.48. The third-order valence-corrected chi connectivity index (χ3v) is 7.28. The monoisotopic (exact) mass is 513 g/mol. The summed E-state index contributed by atoms with van der Waals surface area (Å²) in [6.07, 6.45) is 0. The molecule has 0 N–H and O–H groups in total. The van der Waals surface area contributed by atoms with E-state index in [2.05, 4.69) is 150 Å². The summed E-state index contributed by atoms with van der Waals surface area (Å²) in [7, 11) is 0. The van der Waals surface area contributed by atoms with Crippen molar-refractivity contribution in [2.45, 2.75) is 0 Å². The van der Waals surface area contributed by atoms with Crippen molar-refractivity contribution in [3.63, 3.8) is 0 Å². The Morgan fingerprint density at radius 2 is 1.02 bits per heavy atom. The number of anilines is 3. The molecule has 0 radical (unpaired) electrons. The van der Waals surface area contributed by atoms with Gasteiger partial charge in [0.25, 0.3) is 0 Å². The van der Waals surface area contributed by atoms with E-state index in [9.17, 15) is 0 Å². The van der Waals surface area contributed by atoms with Gasteiger partial charge in [-0.15, -0.1) is 0 Å². The molecule has 2 nitrogen and oxygen atoms in total. The highest BCUT2D eigenvalue weighted by Gasteiger charge is 2.17. The molecule has 2 heteroatoms. The zero-order chi connectivity index (χ0) is 26.7. The van der Waals surface area contributed by atoms with E-state index in [4.69, 9.17) is 4.42 Å². The fourth-order valence-electron chi connectivity index (χ4n) is 5.31. The van der Waals surface area contributed by atoms with Gasteiger partial charge in [-0.2, -0.15) is 0 Å². The molecule has 0 saturated heterocycles. The van der Waals surface area contributed by atoms with Crippen LogP contribution in [0.5, 0.6) is 0 Å². The van der Waals surface area contributed by atoms with Gasteiger partial charge in [0.1, 0.15) is 11.3 Å². The van der Waals surface area contributed by atoms with Crippen LogP contribution >= 0.6 is 0 Å². The zero-order valence-electron chi connectivity index (χ0n) is 21.9. The lowest BCUT2D eigenvalue weighted by Gasteiger charge is -2.28. The Morgan fingerprint density at radius 3 is 1.82 bits per heavy atom. The first-order chi connectivity index (χ1) is 19.8. The predicted octanol–water partition coefficient (Wildman–Crippen LogP) is 10.9. The number of hydrogen-bond acceptors (Lipinski definition) is 2. The number of para-hydroxylation sites is 3. The normalized spacial score (nSPS) is 11.0. The molecule has 0 fully saturated rings. The summed E-state index contributed by atoms with van der Waals surface area (Å²) < 4.78 is 6.13. The quantitative estimate of drug-likeness (QED) is 0.220. The van der Waals surface area contributed by atoms with Crippen molar-refractivity contribution in [1.29, 1.82) is 0 Å². The zero-order valence-corrected chi connectivity index (χ0v) is 21.9. The van der Waals surface area contributed by atoms with Gasteiger partial charge in [0.2, 0.25) is 0 Å². The minimum Gasteiger partial charge on any atom is -0.456 e. The van der Waals surface area contributed by atoms with E-state index in [1.807, 2.05) is 18.2 Å². The van der Waals surface area contributed by atoms with Crippen molar-refractivity contribution in [1.82, 2.24) is 0 Å². The highest BCUT2D eigenvalue weighted by Crippen LogP contribution is 2.41. The Kier molecular flexibility index (Phi) is 6.20. The Labute approximate surface area is 234 Å². The fourth-order valence-corrected chi connectivity index (χ4v) is 5.31. The number of hydrogen-bond donors (Lipinski definition) is 0. The van der Waals surface area contributed by atoms with Crippen LogP contribution in [0.2, 0.25) is 0 Å². The second kappa shape index (κ2) is 10.4. The Morgan fingerprint density at radius 1 is 0.400 bits per heavy atom.